The number of amides is 2. The second-order valence-electron chi connectivity index (χ2n) is 7.06. The number of aromatic nitrogens is 2. The Labute approximate surface area is 151 Å². The highest BCUT2D eigenvalue weighted by Gasteiger charge is 2.43. The van der Waals surface area contributed by atoms with Crippen LogP contribution < -0.4 is 0 Å². The van der Waals surface area contributed by atoms with Crippen LogP contribution >= 0.6 is 0 Å². The van der Waals surface area contributed by atoms with Gasteiger partial charge < -0.3 is 19.6 Å². The molecule has 2 aliphatic rings. The molecular weight excluding hydrogens is 340 g/mol. The van der Waals surface area contributed by atoms with Gasteiger partial charge in [0.05, 0.1) is 30.8 Å². The molecule has 142 valence electrons. The number of rotatable bonds is 3. The quantitative estimate of drug-likeness (QED) is 0.811. The van der Waals surface area contributed by atoms with Gasteiger partial charge >= 0.3 is 5.97 Å². The molecule has 3 heterocycles. The van der Waals surface area contributed by atoms with E-state index >= 15 is 0 Å². The summed E-state index contributed by atoms with van der Waals surface area (Å²) in [6, 6.07) is -0.404. The first-order chi connectivity index (χ1) is 12.3. The van der Waals surface area contributed by atoms with Crippen LogP contribution in [-0.4, -0.2) is 74.8 Å². The van der Waals surface area contributed by atoms with E-state index in [4.69, 9.17) is 4.74 Å². The molecule has 1 N–H and O–H groups in total. The third kappa shape index (κ3) is 3.44. The molecule has 2 saturated heterocycles. The molecule has 0 bridgehead atoms. The van der Waals surface area contributed by atoms with Gasteiger partial charge in [-0.25, -0.2) is 4.79 Å². The molecule has 0 aromatic carbocycles. The Morgan fingerprint density at radius 2 is 2.04 bits per heavy atom. The molecule has 26 heavy (non-hydrogen) atoms. The van der Waals surface area contributed by atoms with Gasteiger partial charge in [-0.05, 0) is 13.3 Å². The number of carbonyl (C=O) groups is 3. The van der Waals surface area contributed by atoms with E-state index in [-0.39, 0.29) is 24.5 Å². The van der Waals surface area contributed by atoms with Gasteiger partial charge in [-0.1, -0.05) is 0 Å². The van der Waals surface area contributed by atoms with Crippen molar-refractivity contribution in [2.45, 2.75) is 38.0 Å². The number of ether oxygens (including phenoxy) is 1. The Morgan fingerprint density at radius 3 is 2.65 bits per heavy atom. The average Bonchev–Trinajstić information content (AvgIpc) is 3.01. The maximum absolute atomic E-state index is 13.2. The van der Waals surface area contributed by atoms with Gasteiger partial charge in [0.1, 0.15) is 0 Å². The fourth-order valence-corrected chi connectivity index (χ4v) is 3.85. The standard InChI is InChI=1S/C17H24N4O5/c1-10-7-21(9-13(26-10)17(24)25)16(23)12-4-5-14(22)20(3)15(12)11-6-18-19(2)8-11/h6,8,10,12-13,15H,4-5,7,9H2,1-3H3,(H,24,25)/t10-,12?,13?,15?/m1/s1. The zero-order valence-corrected chi connectivity index (χ0v) is 15.2. The fourth-order valence-electron chi connectivity index (χ4n) is 3.85. The minimum Gasteiger partial charge on any atom is -0.479 e. The minimum atomic E-state index is -1.07. The highest BCUT2D eigenvalue weighted by Crippen LogP contribution is 2.37. The van der Waals surface area contributed by atoms with Crippen molar-refractivity contribution in [2.75, 3.05) is 20.1 Å². The van der Waals surface area contributed by atoms with E-state index in [0.29, 0.717) is 19.4 Å². The molecule has 2 amide bonds. The monoisotopic (exact) mass is 364 g/mol. The van der Waals surface area contributed by atoms with Gasteiger partial charge in [0.25, 0.3) is 0 Å². The topological polar surface area (TPSA) is 105 Å². The molecule has 0 radical (unpaired) electrons. The van der Waals surface area contributed by atoms with Gasteiger partial charge in [-0.15, -0.1) is 0 Å². The number of morpholine rings is 1. The molecule has 2 fully saturated rings. The molecule has 0 aliphatic carbocycles. The molecule has 2 aliphatic heterocycles. The largest absolute Gasteiger partial charge is 0.479 e. The number of nitrogens with zero attached hydrogens (tertiary/aromatic N) is 4. The summed E-state index contributed by atoms with van der Waals surface area (Å²) in [5, 5.41) is 13.4. The van der Waals surface area contributed by atoms with E-state index < -0.39 is 24.0 Å². The van der Waals surface area contributed by atoms with E-state index in [9.17, 15) is 19.5 Å². The lowest BCUT2D eigenvalue weighted by Gasteiger charge is -2.42. The summed E-state index contributed by atoms with van der Waals surface area (Å²) in [5.74, 6) is -1.66. The second-order valence-corrected chi connectivity index (χ2v) is 7.06. The smallest absolute Gasteiger partial charge is 0.334 e. The number of piperidine rings is 1. The van der Waals surface area contributed by atoms with Crippen LogP contribution in [0.3, 0.4) is 0 Å². The molecule has 9 heteroatoms. The summed E-state index contributed by atoms with van der Waals surface area (Å²) in [7, 11) is 3.48. The van der Waals surface area contributed by atoms with Crippen molar-refractivity contribution >= 4 is 17.8 Å². The molecule has 9 nitrogen and oxygen atoms in total. The molecular formula is C17H24N4O5. The SMILES string of the molecule is C[C@@H]1CN(C(=O)C2CCC(=O)N(C)C2c2cnn(C)c2)CC(C(=O)O)O1. The first-order valence-electron chi connectivity index (χ1n) is 8.69. The van der Waals surface area contributed by atoms with Gasteiger partial charge in [-0.3, -0.25) is 14.3 Å². The number of aryl methyl sites for hydroxylation is 1. The van der Waals surface area contributed by atoms with E-state index in [1.807, 2.05) is 6.20 Å². The lowest BCUT2D eigenvalue weighted by molar-refractivity contribution is -0.169. The van der Waals surface area contributed by atoms with Crippen LogP contribution in [0.1, 0.15) is 31.4 Å². The van der Waals surface area contributed by atoms with Crippen molar-refractivity contribution in [3.05, 3.63) is 18.0 Å². The lowest BCUT2D eigenvalue weighted by atomic mass is 9.84. The highest BCUT2D eigenvalue weighted by molar-refractivity contribution is 5.85. The number of hydrogen-bond acceptors (Lipinski definition) is 5. The van der Waals surface area contributed by atoms with Crippen LogP contribution in [0.2, 0.25) is 0 Å². The van der Waals surface area contributed by atoms with Gasteiger partial charge in [-0.2, -0.15) is 5.10 Å². The van der Waals surface area contributed by atoms with Crippen molar-refractivity contribution in [3.8, 4) is 0 Å². The van der Waals surface area contributed by atoms with Crippen LogP contribution in [0.5, 0.6) is 0 Å². The molecule has 1 aromatic rings. The maximum Gasteiger partial charge on any atom is 0.334 e. The highest BCUT2D eigenvalue weighted by atomic mass is 16.5. The molecule has 3 unspecified atom stereocenters. The van der Waals surface area contributed by atoms with Crippen LogP contribution in [0.4, 0.5) is 0 Å². The summed E-state index contributed by atoms with van der Waals surface area (Å²) in [4.78, 5) is 39.9. The summed E-state index contributed by atoms with van der Waals surface area (Å²) in [6.45, 7) is 2.12. The number of likely N-dealkylation sites (tertiary alicyclic amines) is 1. The minimum absolute atomic E-state index is 0.0124. The lowest BCUT2D eigenvalue weighted by Crippen LogP contribution is -2.55. The van der Waals surface area contributed by atoms with Gasteiger partial charge in [0.2, 0.25) is 11.8 Å². The third-order valence-electron chi connectivity index (χ3n) is 5.09. The summed E-state index contributed by atoms with van der Waals surface area (Å²) in [5.41, 5.74) is 0.803. The first kappa shape index (κ1) is 18.4. The normalized spacial score (nSPS) is 29.7. The average molecular weight is 364 g/mol. The zero-order chi connectivity index (χ0) is 19.0. The fraction of sp³-hybridized carbons (Fsp3) is 0.647. The Bertz CT molecular complexity index is 718. The third-order valence-corrected chi connectivity index (χ3v) is 5.09. The Hall–Kier alpha value is -2.42. The molecule has 4 atom stereocenters. The van der Waals surface area contributed by atoms with Gasteiger partial charge in [0, 0.05) is 38.8 Å². The summed E-state index contributed by atoms with van der Waals surface area (Å²) in [6.07, 6.45) is 2.83. The maximum atomic E-state index is 13.2. The predicted molar refractivity (Wildman–Crippen MR) is 90.0 cm³/mol. The van der Waals surface area contributed by atoms with E-state index in [0.717, 1.165) is 5.56 Å². The number of hydrogen-bond donors (Lipinski definition) is 1. The van der Waals surface area contributed by atoms with E-state index in [1.165, 1.54) is 0 Å². The van der Waals surface area contributed by atoms with Crippen molar-refractivity contribution in [2.24, 2.45) is 13.0 Å². The number of carboxylic acids is 1. The van der Waals surface area contributed by atoms with Gasteiger partial charge in [0.15, 0.2) is 6.10 Å². The van der Waals surface area contributed by atoms with Crippen LogP contribution in [0, 0.1) is 5.92 Å². The Balaban J connectivity index is 1.86. The Morgan fingerprint density at radius 1 is 1.31 bits per heavy atom. The van der Waals surface area contributed by atoms with Crippen molar-refractivity contribution in [1.29, 1.82) is 0 Å². The van der Waals surface area contributed by atoms with E-state index in [2.05, 4.69) is 5.10 Å². The zero-order valence-electron chi connectivity index (χ0n) is 15.2. The first-order valence-corrected chi connectivity index (χ1v) is 8.69. The summed E-state index contributed by atoms with van der Waals surface area (Å²) >= 11 is 0. The van der Waals surface area contributed by atoms with Crippen molar-refractivity contribution in [3.63, 3.8) is 0 Å². The number of aliphatic carboxylic acids is 1. The van der Waals surface area contributed by atoms with Crippen LogP contribution in [0.15, 0.2) is 12.4 Å². The molecule has 0 saturated carbocycles. The summed E-state index contributed by atoms with van der Waals surface area (Å²) < 4.78 is 7.04. The van der Waals surface area contributed by atoms with Crippen molar-refractivity contribution < 1.29 is 24.2 Å². The van der Waals surface area contributed by atoms with E-state index in [1.54, 1.807) is 41.7 Å². The van der Waals surface area contributed by atoms with Crippen molar-refractivity contribution in [1.82, 2.24) is 19.6 Å². The molecule has 1 aromatic heterocycles. The number of carboxylic acid groups (broad SMARTS) is 1. The second kappa shape index (κ2) is 7.06. The number of carbonyl (C=O) groups excluding carboxylic acids is 2. The predicted octanol–water partition coefficient (Wildman–Crippen LogP) is 0.0301. The van der Waals surface area contributed by atoms with Crippen LogP contribution in [-0.2, 0) is 26.2 Å². The molecule has 0 spiro atoms. The van der Waals surface area contributed by atoms with Crippen LogP contribution in [0.25, 0.3) is 0 Å². The Kier molecular flexibility index (Phi) is 4.99. The molecule has 3 rings (SSSR count).